The van der Waals surface area contributed by atoms with Gasteiger partial charge in [-0.15, -0.1) is 0 Å². The molecule has 0 amide bonds. The van der Waals surface area contributed by atoms with Crippen LogP contribution in [-0.4, -0.2) is 5.48 Å². The second kappa shape index (κ2) is 1.83. The van der Waals surface area contributed by atoms with Crippen LogP contribution in [0.2, 0.25) is 0 Å². The van der Waals surface area contributed by atoms with Gasteiger partial charge in [-0.1, -0.05) is 20.3 Å². The highest BCUT2D eigenvalue weighted by atomic mass is 16.0. The summed E-state index contributed by atoms with van der Waals surface area (Å²) in [5.74, 6) is 0. The molecule has 2 N–H and O–H groups in total. The SMILES string of the molecule is CC1(C)CCC1.O. The second-order valence-electron chi connectivity index (χ2n) is 3.02. The van der Waals surface area contributed by atoms with E-state index in [1.54, 1.807) is 0 Å². The molecule has 0 atom stereocenters. The van der Waals surface area contributed by atoms with Gasteiger partial charge in [-0.25, -0.2) is 0 Å². The lowest BCUT2D eigenvalue weighted by Gasteiger charge is -2.33. The third-order valence-corrected chi connectivity index (χ3v) is 1.71. The smallest absolute Gasteiger partial charge is 0.0354 e. The van der Waals surface area contributed by atoms with Gasteiger partial charge in [0.2, 0.25) is 0 Å². The van der Waals surface area contributed by atoms with E-state index in [1.165, 1.54) is 19.3 Å². The summed E-state index contributed by atoms with van der Waals surface area (Å²) in [7, 11) is 0. The Labute approximate surface area is 45.0 Å². The van der Waals surface area contributed by atoms with Crippen LogP contribution < -0.4 is 0 Å². The van der Waals surface area contributed by atoms with Gasteiger partial charge in [0.05, 0.1) is 0 Å². The van der Waals surface area contributed by atoms with Crippen molar-refractivity contribution in [2.24, 2.45) is 5.41 Å². The molecule has 0 aliphatic heterocycles. The standard InChI is InChI=1S/C6H12.H2O/c1-6(2)4-3-5-6;/h3-5H2,1-2H3;1H2. The minimum Gasteiger partial charge on any atom is -0.412 e. The fraction of sp³-hybridized carbons (Fsp3) is 1.00. The molecule has 0 saturated heterocycles. The maximum atomic E-state index is 2.33. The zero-order valence-electron chi connectivity index (χ0n) is 5.12. The molecule has 1 aliphatic carbocycles. The van der Waals surface area contributed by atoms with E-state index in [0.717, 1.165) is 5.41 Å². The predicted molar refractivity (Wildman–Crippen MR) is 31.2 cm³/mol. The van der Waals surface area contributed by atoms with Crippen LogP contribution >= 0.6 is 0 Å². The molecular formula is C6H14O. The largest absolute Gasteiger partial charge is 0.412 e. The van der Waals surface area contributed by atoms with Crippen molar-refractivity contribution in [1.82, 2.24) is 0 Å². The van der Waals surface area contributed by atoms with E-state index >= 15 is 0 Å². The third-order valence-electron chi connectivity index (χ3n) is 1.71. The molecule has 7 heavy (non-hydrogen) atoms. The Morgan fingerprint density at radius 2 is 1.43 bits per heavy atom. The van der Waals surface area contributed by atoms with Crippen molar-refractivity contribution < 1.29 is 5.48 Å². The first kappa shape index (κ1) is 6.96. The average molecular weight is 102 g/mol. The molecule has 0 aromatic rings. The van der Waals surface area contributed by atoms with Gasteiger partial charge in [0.1, 0.15) is 0 Å². The molecule has 0 radical (unpaired) electrons. The van der Waals surface area contributed by atoms with E-state index < -0.39 is 0 Å². The Hall–Kier alpha value is -0.0400. The predicted octanol–water partition coefficient (Wildman–Crippen LogP) is 1.37. The topological polar surface area (TPSA) is 31.5 Å². The quantitative estimate of drug-likeness (QED) is 0.442. The van der Waals surface area contributed by atoms with Crippen molar-refractivity contribution >= 4 is 0 Å². The molecule has 0 bridgehead atoms. The van der Waals surface area contributed by atoms with Gasteiger partial charge in [-0.2, -0.15) is 0 Å². The Kier molecular flexibility index (Phi) is 1.82. The van der Waals surface area contributed by atoms with Crippen LogP contribution in [0.25, 0.3) is 0 Å². The van der Waals surface area contributed by atoms with E-state index in [4.69, 9.17) is 0 Å². The molecule has 0 unspecified atom stereocenters. The molecule has 0 heterocycles. The first-order chi connectivity index (χ1) is 2.71. The Morgan fingerprint density at radius 1 is 1.14 bits per heavy atom. The van der Waals surface area contributed by atoms with Crippen LogP contribution in [0.15, 0.2) is 0 Å². The van der Waals surface area contributed by atoms with E-state index in [-0.39, 0.29) is 5.48 Å². The lowest BCUT2D eigenvalue weighted by molar-refractivity contribution is 0.190. The van der Waals surface area contributed by atoms with Gasteiger partial charge >= 0.3 is 0 Å². The highest BCUT2D eigenvalue weighted by Gasteiger charge is 2.24. The minimum absolute atomic E-state index is 0. The average Bonchev–Trinajstić information content (AvgIpc) is 1.32. The maximum Gasteiger partial charge on any atom is -0.0354 e. The van der Waals surface area contributed by atoms with Crippen LogP contribution in [0.3, 0.4) is 0 Å². The molecule has 1 nitrogen and oxygen atoms in total. The maximum absolute atomic E-state index is 2.33. The van der Waals surface area contributed by atoms with Crippen LogP contribution in [0, 0.1) is 5.41 Å². The van der Waals surface area contributed by atoms with Crippen molar-refractivity contribution in [3.8, 4) is 0 Å². The van der Waals surface area contributed by atoms with Gasteiger partial charge in [0, 0.05) is 0 Å². The van der Waals surface area contributed by atoms with Crippen molar-refractivity contribution in [3.63, 3.8) is 0 Å². The minimum atomic E-state index is 0. The first-order valence-corrected chi connectivity index (χ1v) is 2.71. The third kappa shape index (κ3) is 1.48. The van der Waals surface area contributed by atoms with Gasteiger partial charge < -0.3 is 5.48 Å². The lowest BCUT2D eigenvalue weighted by atomic mass is 9.72. The summed E-state index contributed by atoms with van der Waals surface area (Å²) in [6, 6.07) is 0. The van der Waals surface area contributed by atoms with Crippen LogP contribution in [-0.2, 0) is 0 Å². The molecular weight excluding hydrogens is 88.1 g/mol. The zero-order valence-corrected chi connectivity index (χ0v) is 5.12. The summed E-state index contributed by atoms with van der Waals surface area (Å²) in [6.45, 7) is 4.66. The molecule has 1 aliphatic rings. The molecule has 1 rings (SSSR count). The zero-order chi connectivity index (χ0) is 4.62. The summed E-state index contributed by atoms with van der Waals surface area (Å²) < 4.78 is 0. The van der Waals surface area contributed by atoms with Gasteiger partial charge in [-0.3, -0.25) is 0 Å². The fourth-order valence-corrected chi connectivity index (χ4v) is 0.884. The van der Waals surface area contributed by atoms with Crippen LogP contribution in [0.1, 0.15) is 33.1 Å². The van der Waals surface area contributed by atoms with E-state index in [1.807, 2.05) is 0 Å². The number of hydrogen-bond acceptors (Lipinski definition) is 0. The van der Waals surface area contributed by atoms with Crippen molar-refractivity contribution in [2.45, 2.75) is 33.1 Å². The number of hydrogen-bond donors (Lipinski definition) is 0. The Bertz CT molecular complexity index is 51.2. The summed E-state index contributed by atoms with van der Waals surface area (Å²) in [5, 5.41) is 0. The van der Waals surface area contributed by atoms with Crippen molar-refractivity contribution in [1.29, 1.82) is 0 Å². The molecule has 1 heteroatoms. The van der Waals surface area contributed by atoms with Crippen LogP contribution in [0.5, 0.6) is 0 Å². The number of rotatable bonds is 0. The Morgan fingerprint density at radius 3 is 1.43 bits per heavy atom. The second-order valence-corrected chi connectivity index (χ2v) is 3.02. The van der Waals surface area contributed by atoms with E-state index in [0.29, 0.717) is 0 Å². The van der Waals surface area contributed by atoms with E-state index in [9.17, 15) is 0 Å². The molecule has 44 valence electrons. The summed E-state index contributed by atoms with van der Waals surface area (Å²) in [5.41, 5.74) is 0.722. The first-order valence-electron chi connectivity index (χ1n) is 2.71. The van der Waals surface area contributed by atoms with Gasteiger partial charge in [0.25, 0.3) is 0 Å². The molecule has 0 spiro atoms. The molecule has 0 aromatic carbocycles. The monoisotopic (exact) mass is 102 g/mol. The highest BCUT2D eigenvalue weighted by molar-refractivity contribution is 4.77. The van der Waals surface area contributed by atoms with Gasteiger partial charge in [-0.05, 0) is 18.3 Å². The van der Waals surface area contributed by atoms with Crippen LogP contribution in [0.4, 0.5) is 0 Å². The van der Waals surface area contributed by atoms with E-state index in [2.05, 4.69) is 13.8 Å². The highest BCUT2D eigenvalue weighted by Crippen LogP contribution is 2.38. The summed E-state index contributed by atoms with van der Waals surface area (Å²) in [6.07, 6.45) is 4.37. The van der Waals surface area contributed by atoms with Crippen molar-refractivity contribution in [3.05, 3.63) is 0 Å². The normalized spacial score (nSPS) is 24.9. The lowest BCUT2D eigenvalue weighted by Crippen LogP contribution is -2.20. The Balaban J connectivity index is 0.000000360. The van der Waals surface area contributed by atoms with Crippen molar-refractivity contribution in [2.75, 3.05) is 0 Å². The molecule has 0 aromatic heterocycles. The van der Waals surface area contributed by atoms with Gasteiger partial charge in [0.15, 0.2) is 0 Å². The molecule has 1 saturated carbocycles. The molecule has 1 fully saturated rings. The summed E-state index contributed by atoms with van der Waals surface area (Å²) in [4.78, 5) is 0. The summed E-state index contributed by atoms with van der Waals surface area (Å²) >= 11 is 0. The fourth-order valence-electron chi connectivity index (χ4n) is 0.884.